The van der Waals surface area contributed by atoms with E-state index in [2.05, 4.69) is 17.1 Å². The van der Waals surface area contributed by atoms with Gasteiger partial charge in [0.2, 0.25) is 0 Å². The van der Waals surface area contributed by atoms with Crippen molar-refractivity contribution in [3.8, 4) is 0 Å². The molecule has 1 saturated heterocycles. The average molecular weight is 238 g/mol. The van der Waals surface area contributed by atoms with Crippen LogP contribution in [0.15, 0.2) is 0 Å². The molecule has 17 heavy (non-hydrogen) atoms. The highest BCUT2D eigenvalue weighted by atomic mass is 15.2. The van der Waals surface area contributed by atoms with E-state index in [4.69, 9.17) is 0 Å². The van der Waals surface area contributed by atoms with Crippen LogP contribution in [0.4, 0.5) is 0 Å². The monoisotopic (exact) mass is 238 g/mol. The van der Waals surface area contributed by atoms with E-state index >= 15 is 0 Å². The van der Waals surface area contributed by atoms with Gasteiger partial charge < -0.3 is 10.2 Å². The maximum Gasteiger partial charge on any atom is 0.00926 e. The van der Waals surface area contributed by atoms with Gasteiger partial charge in [-0.15, -0.1) is 0 Å². The number of piperidine rings is 1. The minimum absolute atomic E-state index is 0.846. The summed E-state index contributed by atoms with van der Waals surface area (Å²) in [6.45, 7) is 6.25. The molecule has 2 rings (SSSR count). The van der Waals surface area contributed by atoms with Gasteiger partial charge in [-0.1, -0.05) is 26.2 Å². The standard InChI is InChI=1S/C15H30N2/c1-2-15-10-5-6-12-17(15)13-7-11-16-14-8-3-4-9-14/h14-16H,2-13H2,1H3. The Labute approximate surface area is 107 Å². The van der Waals surface area contributed by atoms with Gasteiger partial charge in [0.25, 0.3) is 0 Å². The van der Waals surface area contributed by atoms with Crippen LogP contribution in [-0.2, 0) is 0 Å². The minimum Gasteiger partial charge on any atom is -0.314 e. The molecule has 2 nitrogen and oxygen atoms in total. The van der Waals surface area contributed by atoms with Gasteiger partial charge >= 0.3 is 0 Å². The molecule has 1 aliphatic carbocycles. The Balaban J connectivity index is 1.56. The van der Waals surface area contributed by atoms with Gasteiger partial charge in [0, 0.05) is 12.1 Å². The molecule has 0 aromatic rings. The third kappa shape index (κ3) is 4.26. The number of rotatable bonds is 6. The number of hydrogen-bond donors (Lipinski definition) is 1. The first-order chi connectivity index (χ1) is 8.40. The Kier molecular flexibility index (Phi) is 5.79. The lowest BCUT2D eigenvalue weighted by Gasteiger charge is -2.35. The van der Waals surface area contributed by atoms with Crippen LogP contribution < -0.4 is 5.32 Å². The third-order valence-electron chi connectivity index (χ3n) is 4.63. The fraction of sp³-hybridized carbons (Fsp3) is 1.00. The molecule has 1 heterocycles. The molecule has 0 spiro atoms. The zero-order chi connectivity index (χ0) is 11.9. The van der Waals surface area contributed by atoms with Gasteiger partial charge in [0.15, 0.2) is 0 Å². The lowest BCUT2D eigenvalue weighted by Crippen LogP contribution is -2.40. The van der Waals surface area contributed by atoms with Crippen molar-refractivity contribution in [1.82, 2.24) is 10.2 Å². The molecule has 1 atom stereocenters. The molecule has 2 heteroatoms. The van der Waals surface area contributed by atoms with Crippen molar-refractivity contribution in [2.24, 2.45) is 0 Å². The molecule has 2 aliphatic rings. The Morgan fingerprint density at radius 3 is 2.59 bits per heavy atom. The van der Waals surface area contributed by atoms with Crippen molar-refractivity contribution in [2.75, 3.05) is 19.6 Å². The van der Waals surface area contributed by atoms with Crippen LogP contribution >= 0.6 is 0 Å². The SMILES string of the molecule is CCC1CCCCN1CCCNC1CCCC1. The fourth-order valence-electron chi connectivity index (χ4n) is 3.53. The molecule has 1 saturated carbocycles. The second-order valence-corrected chi connectivity index (χ2v) is 5.88. The molecular weight excluding hydrogens is 208 g/mol. The lowest BCUT2D eigenvalue weighted by atomic mass is 10.00. The first kappa shape index (κ1) is 13.4. The molecule has 0 bridgehead atoms. The van der Waals surface area contributed by atoms with Crippen molar-refractivity contribution in [3.63, 3.8) is 0 Å². The largest absolute Gasteiger partial charge is 0.314 e. The summed E-state index contributed by atoms with van der Waals surface area (Å²) in [4.78, 5) is 2.74. The molecule has 0 aromatic heterocycles. The third-order valence-corrected chi connectivity index (χ3v) is 4.63. The predicted molar refractivity (Wildman–Crippen MR) is 74.4 cm³/mol. The fourth-order valence-corrected chi connectivity index (χ4v) is 3.53. The van der Waals surface area contributed by atoms with Gasteiger partial charge in [0.1, 0.15) is 0 Å². The maximum atomic E-state index is 3.73. The second-order valence-electron chi connectivity index (χ2n) is 5.88. The summed E-state index contributed by atoms with van der Waals surface area (Å²) in [5.74, 6) is 0. The maximum absolute atomic E-state index is 3.73. The molecule has 0 radical (unpaired) electrons. The number of likely N-dealkylation sites (tertiary alicyclic amines) is 1. The second kappa shape index (κ2) is 7.38. The first-order valence-electron chi connectivity index (χ1n) is 7.87. The van der Waals surface area contributed by atoms with E-state index in [0.29, 0.717) is 0 Å². The van der Waals surface area contributed by atoms with Gasteiger partial charge in [-0.25, -0.2) is 0 Å². The summed E-state index contributed by atoms with van der Waals surface area (Å²) < 4.78 is 0. The smallest absolute Gasteiger partial charge is 0.00926 e. The van der Waals surface area contributed by atoms with E-state index in [9.17, 15) is 0 Å². The summed E-state index contributed by atoms with van der Waals surface area (Å²) in [6, 6.07) is 1.73. The Morgan fingerprint density at radius 2 is 1.82 bits per heavy atom. The normalized spacial score (nSPS) is 27.7. The van der Waals surface area contributed by atoms with Crippen LogP contribution in [0.2, 0.25) is 0 Å². The van der Waals surface area contributed by atoms with Crippen molar-refractivity contribution in [2.45, 2.75) is 76.8 Å². The first-order valence-corrected chi connectivity index (χ1v) is 7.87. The van der Waals surface area contributed by atoms with E-state index < -0.39 is 0 Å². The van der Waals surface area contributed by atoms with Crippen LogP contribution in [0.1, 0.15) is 64.7 Å². The molecule has 1 N–H and O–H groups in total. The van der Waals surface area contributed by atoms with E-state index in [-0.39, 0.29) is 0 Å². The van der Waals surface area contributed by atoms with Crippen LogP contribution in [0, 0.1) is 0 Å². The molecule has 1 aliphatic heterocycles. The average Bonchev–Trinajstić information content (AvgIpc) is 2.88. The zero-order valence-electron chi connectivity index (χ0n) is 11.6. The van der Waals surface area contributed by atoms with Crippen molar-refractivity contribution < 1.29 is 0 Å². The summed E-state index contributed by atoms with van der Waals surface area (Å²) in [6.07, 6.45) is 12.7. The van der Waals surface area contributed by atoms with Gasteiger partial charge in [0.05, 0.1) is 0 Å². The molecule has 0 aromatic carbocycles. The zero-order valence-corrected chi connectivity index (χ0v) is 11.6. The summed E-state index contributed by atoms with van der Waals surface area (Å²) in [5, 5.41) is 3.73. The highest BCUT2D eigenvalue weighted by Gasteiger charge is 2.20. The van der Waals surface area contributed by atoms with Crippen LogP contribution in [0.3, 0.4) is 0 Å². The highest BCUT2D eigenvalue weighted by Crippen LogP contribution is 2.20. The van der Waals surface area contributed by atoms with E-state index in [1.54, 1.807) is 0 Å². The highest BCUT2D eigenvalue weighted by molar-refractivity contribution is 4.77. The molecule has 1 unspecified atom stereocenters. The van der Waals surface area contributed by atoms with Crippen molar-refractivity contribution in [1.29, 1.82) is 0 Å². The number of nitrogens with zero attached hydrogens (tertiary/aromatic N) is 1. The van der Waals surface area contributed by atoms with Gasteiger partial charge in [-0.05, 0) is 58.2 Å². The molecule has 100 valence electrons. The number of nitrogens with one attached hydrogen (secondary N) is 1. The minimum atomic E-state index is 0.846. The Morgan fingerprint density at radius 1 is 1.06 bits per heavy atom. The quantitative estimate of drug-likeness (QED) is 0.715. The summed E-state index contributed by atoms with van der Waals surface area (Å²) in [7, 11) is 0. The Hall–Kier alpha value is -0.0800. The predicted octanol–water partition coefficient (Wildman–Crippen LogP) is 3.17. The summed E-state index contributed by atoms with van der Waals surface area (Å²) in [5.41, 5.74) is 0. The van der Waals surface area contributed by atoms with Crippen LogP contribution in [-0.4, -0.2) is 36.6 Å². The van der Waals surface area contributed by atoms with Crippen LogP contribution in [0.5, 0.6) is 0 Å². The van der Waals surface area contributed by atoms with E-state index in [1.807, 2.05) is 0 Å². The van der Waals surface area contributed by atoms with E-state index in [1.165, 1.54) is 77.4 Å². The van der Waals surface area contributed by atoms with Gasteiger partial charge in [-0.3, -0.25) is 0 Å². The van der Waals surface area contributed by atoms with Crippen LogP contribution in [0.25, 0.3) is 0 Å². The Bertz CT molecular complexity index is 199. The molecule has 2 fully saturated rings. The van der Waals surface area contributed by atoms with Gasteiger partial charge in [-0.2, -0.15) is 0 Å². The number of hydrogen-bond acceptors (Lipinski definition) is 2. The molecular formula is C15H30N2. The lowest BCUT2D eigenvalue weighted by molar-refractivity contribution is 0.142. The van der Waals surface area contributed by atoms with Crippen molar-refractivity contribution in [3.05, 3.63) is 0 Å². The van der Waals surface area contributed by atoms with Crippen molar-refractivity contribution >= 4 is 0 Å². The van der Waals surface area contributed by atoms with E-state index in [0.717, 1.165) is 12.1 Å². The topological polar surface area (TPSA) is 15.3 Å². The summed E-state index contributed by atoms with van der Waals surface area (Å²) >= 11 is 0. The molecule has 0 amide bonds.